The van der Waals surface area contributed by atoms with Crippen molar-refractivity contribution in [2.24, 2.45) is 11.8 Å². The fraction of sp³-hybridized carbons (Fsp3) is 0.667. The molecule has 0 bridgehead atoms. The highest BCUT2D eigenvalue weighted by molar-refractivity contribution is 5.34. The highest BCUT2D eigenvalue weighted by atomic mass is 19.1. The standard InChI is InChI=1S/C18H28FNO/c1-4-10-20-12-14-9-8-13(2)11-16(14)15-6-5-7-17(21-3)18(15)19/h5-7,13-14,16,20H,4,8-12H2,1-3H3. The van der Waals surface area contributed by atoms with Gasteiger partial charge in [0, 0.05) is 0 Å². The minimum absolute atomic E-state index is 0.167. The summed E-state index contributed by atoms with van der Waals surface area (Å²) in [4.78, 5) is 0. The van der Waals surface area contributed by atoms with Gasteiger partial charge in [-0.3, -0.25) is 0 Å². The zero-order valence-electron chi connectivity index (χ0n) is 13.5. The van der Waals surface area contributed by atoms with Crippen molar-refractivity contribution in [3.63, 3.8) is 0 Å². The van der Waals surface area contributed by atoms with Crippen LogP contribution in [0.15, 0.2) is 18.2 Å². The number of halogens is 1. The van der Waals surface area contributed by atoms with Crippen LogP contribution in [0.3, 0.4) is 0 Å². The van der Waals surface area contributed by atoms with Crippen molar-refractivity contribution in [3.8, 4) is 5.75 Å². The van der Waals surface area contributed by atoms with Crippen molar-refractivity contribution in [2.75, 3.05) is 20.2 Å². The quantitative estimate of drug-likeness (QED) is 0.787. The summed E-state index contributed by atoms with van der Waals surface area (Å²) in [7, 11) is 1.53. The first-order valence-corrected chi connectivity index (χ1v) is 8.20. The second-order valence-corrected chi connectivity index (χ2v) is 6.35. The van der Waals surface area contributed by atoms with Crippen molar-refractivity contribution < 1.29 is 9.13 Å². The fourth-order valence-corrected chi connectivity index (χ4v) is 3.50. The van der Waals surface area contributed by atoms with Crippen LogP contribution in [0.4, 0.5) is 4.39 Å². The molecule has 1 aliphatic rings. The molecule has 118 valence electrons. The fourth-order valence-electron chi connectivity index (χ4n) is 3.50. The number of rotatable bonds is 6. The molecule has 1 aromatic carbocycles. The molecule has 3 heteroatoms. The van der Waals surface area contributed by atoms with Crippen molar-refractivity contribution >= 4 is 0 Å². The Kier molecular flexibility index (Phi) is 6.04. The Bertz CT molecular complexity index is 449. The molecule has 2 nitrogen and oxygen atoms in total. The molecule has 3 unspecified atom stereocenters. The summed E-state index contributed by atoms with van der Waals surface area (Å²) in [5, 5.41) is 3.51. The molecular formula is C18H28FNO. The van der Waals surface area contributed by atoms with Crippen LogP contribution in [-0.4, -0.2) is 20.2 Å². The Morgan fingerprint density at radius 1 is 1.33 bits per heavy atom. The van der Waals surface area contributed by atoms with Crippen LogP contribution in [0, 0.1) is 17.7 Å². The molecule has 1 N–H and O–H groups in total. The van der Waals surface area contributed by atoms with E-state index in [1.807, 2.05) is 12.1 Å². The summed E-state index contributed by atoms with van der Waals surface area (Å²) in [6.45, 7) is 6.48. The zero-order chi connectivity index (χ0) is 15.2. The molecule has 21 heavy (non-hydrogen) atoms. The highest BCUT2D eigenvalue weighted by Crippen LogP contribution is 2.42. The van der Waals surface area contributed by atoms with Gasteiger partial charge in [0.25, 0.3) is 0 Å². The third kappa shape index (κ3) is 3.97. The lowest BCUT2D eigenvalue weighted by atomic mass is 9.71. The smallest absolute Gasteiger partial charge is 0.168 e. The molecule has 1 saturated carbocycles. The van der Waals surface area contributed by atoms with E-state index in [0.29, 0.717) is 23.5 Å². The normalized spacial score (nSPS) is 25.8. The highest BCUT2D eigenvalue weighted by Gasteiger charge is 2.31. The van der Waals surface area contributed by atoms with E-state index in [1.54, 1.807) is 6.07 Å². The lowest BCUT2D eigenvalue weighted by Gasteiger charge is -2.35. The van der Waals surface area contributed by atoms with Crippen LogP contribution in [0.5, 0.6) is 5.75 Å². The first-order chi connectivity index (χ1) is 10.2. The van der Waals surface area contributed by atoms with Gasteiger partial charge in [-0.05, 0) is 61.7 Å². The van der Waals surface area contributed by atoms with Crippen molar-refractivity contribution in [1.29, 1.82) is 0 Å². The number of hydrogen-bond donors (Lipinski definition) is 1. The van der Waals surface area contributed by atoms with Gasteiger partial charge in [0.15, 0.2) is 11.6 Å². The van der Waals surface area contributed by atoms with Crippen LogP contribution in [0.2, 0.25) is 0 Å². The third-order valence-electron chi connectivity index (χ3n) is 4.70. The zero-order valence-corrected chi connectivity index (χ0v) is 13.5. The maximum absolute atomic E-state index is 14.6. The molecule has 0 heterocycles. The summed E-state index contributed by atoms with van der Waals surface area (Å²) < 4.78 is 19.7. The van der Waals surface area contributed by atoms with Crippen LogP contribution in [0.25, 0.3) is 0 Å². The Morgan fingerprint density at radius 3 is 2.86 bits per heavy atom. The lowest BCUT2D eigenvalue weighted by Crippen LogP contribution is -2.32. The van der Waals surface area contributed by atoms with E-state index in [-0.39, 0.29) is 5.82 Å². The molecule has 3 atom stereocenters. The first kappa shape index (κ1) is 16.3. The van der Waals surface area contributed by atoms with Gasteiger partial charge < -0.3 is 10.1 Å². The van der Waals surface area contributed by atoms with E-state index >= 15 is 0 Å². The van der Waals surface area contributed by atoms with Gasteiger partial charge in [0.1, 0.15) is 0 Å². The van der Waals surface area contributed by atoms with E-state index in [4.69, 9.17) is 4.74 Å². The van der Waals surface area contributed by atoms with E-state index in [1.165, 1.54) is 20.0 Å². The van der Waals surface area contributed by atoms with E-state index in [9.17, 15) is 4.39 Å². The second kappa shape index (κ2) is 7.79. The number of ether oxygens (including phenoxy) is 1. The first-order valence-electron chi connectivity index (χ1n) is 8.20. The molecule has 1 fully saturated rings. The Hall–Kier alpha value is -1.09. The number of nitrogens with one attached hydrogen (secondary N) is 1. The van der Waals surface area contributed by atoms with Crippen LogP contribution in [-0.2, 0) is 0 Å². The molecular weight excluding hydrogens is 265 g/mol. The van der Waals surface area contributed by atoms with E-state index in [2.05, 4.69) is 19.2 Å². The van der Waals surface area contributed by atoms with Crippen LogP contribution in [0.1, 0.15) is 51.0 Å². The van der Waals surface area contributed by atoms with Gasteiger partial charge in [-0.1, -0.05) is 32.4 Å². The Labute approximate surface area is 128 Å². The maximum Gasteiger partial charge on any atom is 0.168 e. The average molecular weight is 293 g/mol. The molecule has 0 radical (unpaired) electrons. The van der Waals surface area contributed by atoms with Crippen LogP contribution < -0.4 is 10.1 Å². The van der Waals surface area contributed by atoms with E-state index in [0.717, 1.165) is 31.5 Å². The largest absolute Gasteiger partial charge is 0.494 e. The minimum atomic E-state index is -0.167. The molecule has 1 aromatic rings. The summed E-state index contributed by atoms with van der Waals surface area (Å²) >= 11 is 0. The van der Waals surface area contributed by atoms with Crippen molar-refractivity contribution in [1.82, 2.24) is 5.32 Å². The lowest BCUT2D eigenvalue weighted by molar-refractivity contribution is 0.236. The molecule has 0 amide bonds. The van der Waals surface area contributed by atoms with Crippen molar-refractivity contribution in [3.05, 3.63) is 29.6 Å². The van der Waals surface area contributed by atoms with Gasteiger partial charge in [-0.15, -0.1) is 0 Å². The summed E-state index contributed by atoms with van der Waals surface area (Å²) in [5.41, 5.74) is 0.837. The Morgan fingerprint density at radius 2 is 2.14 bits per heavy atom. The maximum atomic E-state index is 14.6. The summed E-state index contributed by atoms with van der Waals surface area (Å²) in [6.07, 6.45) is 4.64. The molecule has 0 aromatic heterocycles. The number of hydrogen-bond acceptors (Lipinski definition) is 2. The minimum Gasteiger partial charge on any atom is -0.494 e. The van der Waals surface area contributed by atoms with Gasteiger partial charge in [0.2, 0.25) is 0 Å². The van der Waals surface area contributed by atoms with Gasteiger partial charge in [-0.25, -0.2) is 4.39 Å². The topological polar surface area (TPSA) is 21.3 Å². The predicted molar refractivity (Wildman–Crippen MR) is 85.4 cm³/mol. The van der Waals surface area contributed by atoms with Crippen molar-refractivity contribution in [2.45, 2.75) is 45.4 Å². The molecule has 1 aliphatic carbocycles. The molecule has 0 spiro atoms. The molecule has 0 saturated heterocycles. The third-order valence-corrected chi connectivity index (χ3v) is 4.70. The average Bonchev–Trinajstić information content (AvgIpc) is 2.49. The van der Waals surface area contributed by atoms with E-state index < -0.39 is 0 Å². The predicted octanol–water partition coefficient (Wildman–Crippen LogP) is 4.35. The second-order valence-electron chi connectivity index (χ2n) is 6.35. The van der Waals surface area contributed by atoms with Gasteiger partial charge in [0.05, 0.1) is 7.11 Å². The SMILES string of the molecule is CCCNCC1CCC(C)CC1c1cccc(OC)c1F. The Balaban J connectivity index is 2.19. The van der Waals surface area contributed by atoms with Gasteiger partial charge in [-0.2, -0.15) is 0 Å². The summed E-state index contributed by atoms with van der Waals surface area (Å²) in [5.74, 6) is 1.69. The number of methoxy groups -OCH3 is 1. The number of benzene rings is 1. The van der Waals surface area contributed by atoms with Crippen LogP contribution >= 0.6 is 0 Å². The van der Waals surface area contributed by atoms with Gasteiger partial charge >= 0.3 is 0 Å². The molecule has 2 rings (SSSR count). The monoisotopic (exact) mass is 293 g/mol. The molecule has 0 aliphatic heterocycles. The summed E-state index contributed by atoms with van der Waals surface area (Å²) in [6, 6.07) is 5.55.